The number of hydrogen-bond acceptors (Lipinski definition) is 5. The van der Waals surface area contributed by atoms with Gasteiger partial charge in [0.05, 0.1) is 7.11 Å². The fourth-order valence-electron chi connectivity index (χ4n) is 3.41. The second kappa shape index (κ2) is 8.14. The molecule has 8 heteroatoms. The number of carbonyl (C=O) groups excluding carboxylic acids is 1. The van der Waals surface area contributed by atoms with Gasteiger partial charge in [-0.2, -0.15) is 0 Å². The number of aliphatic carboxylic acids is 1. The summed E-state index contributed by atoms with van der Waals surface area (Å²) in [4.78, 5) is 25.4. The number of nitrogens with zero attached hydrogens (tertiary/aromatic N) is 1. The molecule has 0 aliphatic carbocycles. The van der Waals surface area contributed by atoms with Gasteiger partial charge in [-0.3, -0.25) is 4.79 Å². The number of rotatable bonds is 6. The van der Waals surface area contributed by atoms with Crippen LogP contribution in [-0.2, 0) is 4.79 Å². The molecular formula is C23H20FNO6. The molecule has 31 heavy (non-hydrogen) atoms. The first-order chi connectivity index (χ1) is 14.9. The fraction of sp³-hybridized carbons (Fsp3) is 0.217. The lowest BCUT2D eigenvalue weighted by molar-refractivity contribution is -0.161. The summed E-state index contributed by atoms with van der Waals surface area (Å²) in [6.45, 7) is -0.190. The van der Waals surface area contributed by atoms with E-state index in [0.29, 0.717) is 5.75 Å². The Bertz CT molecular complexity index is 1120. The number of fused-ring (bicyclic) bond motifs is 1. The number of ether oxygens (including phenoxy) is 3. The molecular weight excluding hydrogens is 405 g/mol. The van der Waals surface area contributed by atoms with Crippen LogP contribution in [0.1, 0.15) is 0 Å². The number of halogens is 1. The molecule has 7 nitrogen and oxygen atoms in total. The van der Waals surface area contributed by atoms with Crippen LogP contribution in [0.3, 0.4) is 0 Å². The monoisotopic (exact) mass is 425 g/mol. The minimum Gasteiger partial charge on any atom is -0.497 e. The van der Waals surface area contributed by atoms with E-state index in [-0.39, 0.29) is 25.4 Å². The van der Waals surface area contributed by atoms with E-state index in [2.05, 4.69) is 0 Å². The lowest BCUT2D eigenvalue weighted by Gasteiger charge is -2.45. The van der Waals surface area contributed by atoms with Gasteiger partial charge in [-0.05, 0) is 59.3 Å². The lowest BCUT2D eigenvalue weighted by Crippen LogP contribution is -2.65. The van der Waals surface area contributed by atoms with Crippen molar-refractivity contribution in [2.24, 2.45) is 5.41 Å². The average Bonchev–Trinajstić information content (AvgIpc) is 2.73. The predicted octanol–water partition coefficient (Wildman–Crippen LogP) is 3.95. The summed E-state index contributed by atoms with van der Waals surface area (Å²) in [6.07, 6.45) is -0.692. The summed E-state index contributed by atoms with van der Waals surface area (Å²) in [5, 5.41) is 11.6. The molecule has 1 fully saturated rings. The molecule has 0 unspecified atom stereocenters. The Morgan fingerprint density at radius 3 is 2.16 bits per heavy atom. The van der Waals surface area contributed by atoms with Crippen LogP contribution < -0.4 is 14.2 Å². The van der Waals surface area contributed by atoms with E-state index in [4.69, 9.17) is 14.2 Å². The molecule has 1 heterocycles. The van der Waals surface area contributed by atoms with Crippen LogP contribution in [0.2, 0.25) is 0 Å². The van der Waals surface area contributed by atoms with Crippen molar-refractivity contribution in [3.05, 3.63) is 66.5 Å². The molecule has 1 aliphatic heterocycles. The van der Waals surface area contributed by atoms with E-state index >= 15 is 0 Å². The Morgan fingerprint density at radius 1 is 0.968 bits per heavy atom. The second-order valence-electron chi connectivity index (χ2n) is 7.43. The zero-order valence-electron chi connectivity index (χ0n) is 16.7. The van der Waals surface area contributed by atoms with Crippen molar-refractivity contribution < 1.29 is 33.3 Å². The van der Waals surface area contributed by atoms with Crippen molar-refractivity contribution in [2.75, 3.05) is 26.8 Å². The average molecular weight is 425 g/mol. The highest BCUT2D eigenvalue weighted by Gasteiger charge is 2.53. The molecule has 0 aromatic heterocycles. The number of carboxylic acids is 1. The van der Waals surface area contributed by atoms with E-state index in [1.165, 1.54) is 29.2 Å². The first-order valence-electron chi connectivity index (χ1n) is 9.55. The Balaban J connectivity index is 1.38. The van der Waals surface area contributed by atoms with Crippen molar-refractivity contribution in [1.82, 2.24) is 4.90 Å². The van der Waals surface area contributed by atoms with E-state index < -0.39 is 23.3 Å². The molecule has 0 radical (unpaired) electrons. The quantitative estimate of drug-likeness (QED) is 0.644. The summed E-state index contributed by atoms with van der Waals surface area (Å²) in [7, 11) is 1.60. The summed E-state index contributed by atoms with van der Waals surface area (Å²) in [5.41, 5.74) is -1.23. The number of carboxylic acid groups (broad SMARTS) is 1. The normalized spacial score (nSPS) is 14.6. The molecule has 0 atom stereocenters. The van der Waals surface area contributed by atoms with Gasteiger partial charge < -0.3 is 24.2 Å². The van der Waals surface area contributed by atoms with Crippen LogP contribution >= 0.6 is 0 Å². The first-order valence-corrected chi connectivity index (χ1v) is 9.55. The van der Waals surface area contributed by atoms with Crippen molar-refractivity contribution in [3.8, 4) is 17.2 Å². The van der Waals surface area contributed by atoms with Gasteiger partial charge in [0.1, 0.15) is 35.1 Å². The minimum atomic E-state index is -1.23. The van der Waals surface area contributed by atoms with E-state index in [0.717, 1.165) is 16.5 Å². The summed E-state index contributed by atoms with van der Waals surface area (Å²) >= 11 is 0. The van der Waals surface area contributed by atoms with Crippen LogP contribution in [0.25, 0.3) is 10.8 Å². The van der Waals surface area contributed by atoms with Gasteiger partial charge in [-0.25, -0.2) is 9.18 Å². The van der Waals surface area contributed by atoms with Crippen molar-refractivity contribution >= 4 is 22.8 Å². The van der Waals surface area contributed by atoms with Gasteiger partial charge in [0.25, 0.3) is 0 Å². The van der Waals surface area contributed by atoms with Crippen LogP contribution in [0, 0.1) is 11.2 Å². The van der Waals surface area contributed by atoms with E-state index in [9.17, 15) is 19.1 Å². The maximum absolute atomic E-state index is 13.0. The summed E-state index contributed by atoms with van der Waals surface area (Å²) in [6, 6.07) is 16.1. The largest absolute Gasteiger partial charge is 0.497 e. The van der Waals surface area contributed by atoms with E-state index in [1.54, 1.807) is 13.2 Å². The Labute approximate surface area is 177 Å². The van der Waals surface area contributed by atoms with Gasteiger partial charge in [0.2, 0.25) is 0 Å². The maximum Gasteiger partial charge on any atom is 0.415 e. The third kappa shape index (κ3) is 4.23. The van der Waals surface area contributed by atoms with Gasteiger partial charge >= 0.3 is 12.1 Å². The zero-order valence-corrected chi connectivity index (χ0v) is 16.7. The minimum absolute atomic E-state index is 0.0485. The van der Waals surface area contributed by atoms with Crippen LogP contribution in [0.4, 0.5) is 9.18 Å². The van der Waals surface area contributed by atoms with Gasteiger partial charge in [-0.1, -0.05) is 12.1 Å². The Hall–Kier alpha value is -3.81. The van der Waals surface area contributed by atoms with Gasteiger partial charge in [0, 0.05) is 13.1 Å². The van der Waals surface area contributed by atoms with Crippen LogP contribution in [0.15, 0.2) is 60.7 Å². The fourth-order valence-corrected chi connectivity index (χ4v) is 3.41. The molecule has 1 N–H and O–H groups in total. The zero-order chi connectivity index (χ0) is 22.0. The highest BCUT2D eigenvalue weighted by Crippen LogP contribution is 2.33. The SMILES string of the molecule is COc1ccc2cc(OCC3(C(=O)O)CN(C(=O)Oc4ccc(F)cc4)C3)ccc2c1. The van der Waals surface area contributed by atoms with Crippen LogP contribution in [-0.4, -0.2) is 48.9 Å². The topological polar surface area (TPSA) is 85.3 Å². The molecule has 1 saturated heterocycles. The molecule has 4 rings (SSSR count). The molecule has 160 valence electrons. The standard InChI is InChI=1S/C23H20FNO6/c1-29-19-6-2-16-11-20(7-3-15(16)10-19)30-14-23(21(26)27)12-25(13-23)22(28)31-18-8-4-17(24)5-9-18/h2-11H,12-14H2,1H3,(H,26,27). The molecule has 3 aromatic rings. The second-order valence-corrected chi connectivity index (χ2v) is 7.43. The highest BCUT2D eigenvalue weighted by molar-refractivity contribution is 5.85. The van der Waals surface area contributed by atoms with Crippen molar-refractivity contribution in [3.63, 3.8) is 0 Å². The number of benzene rings is 3. The number of likely N-dealkylation sites (tertiary alicyclic amines) is 1. The molecule has 0 spiro atoms. The molecule has 1 amide bonds. The maximum atomic E-state index is 13.0. The molecule has 3 aromatic carbocycles. The first kappa shape index (κ1) is 20.5. The molecule has 0 bridgehead atoms. The van der Waals surface area contributed by atoms with Gasteiger partial charge in [-0.15, -0.1) is 0 Å². The number of amides is 1. The van der Waals surface area contributed by atoms with Gasteiger partial charge in [0.15, 0.2) is 0 Å². The molecule has 1 aliphatic rings. The van der Waals surface area contributed by atoms with Crippen LogP contribution in [0.5, 0.6) is 17.2 Å². The number of hydrogen-bond donors (Lipinski definition) is 1. The smallest absolute Gasteiger partial charge is 0.415 e. The Kier molecular flexibility index (Phi) is 5.37. The van der Waals surface area contributed by atoms with Crippen molar-refractivity contribution in [1.29, 1.82) is 0 Å². The van der Waals surface area contributed by atoms with Crippen molar-refractivity contribution in [2.45, 2.75) is 0 Å². The summed E-state index contributed by atoms with van der Waals surface area (Å²) in [5.74, 6) is -0.0375. The lowest BCUT2D eigenvalue weighted by atomic mass is 9.81. The predicted molar refractivity (Wildman–Crippen MR) is 110 cm³/mol. The molecule has 0 saturated carbocycles. The summed E-state index contributed by atoms with van der Waals surface area (Å²) < 4.78 is 29.1. The highest BCUT2D eigenvalue weighted by atomic mass is 19.1. The van der Waals surface area contributed by atoms with E-state index in [1.807, 2.05) is 30.3 Å². The third-order valence-electron chi connectivity index (χ3n) is 5.25. The number of methoxy groups -OCH3 is 1. The Morgan fingerprint density at radius 2 is 1.55 bits per heavy atom. The number of carbonyl (C=O) groups is 2. The third-order valence-corrected chi connectivity index (χ3v) is 5.25.